The van der Waals surface area contributed by atoms with Crippen LogP contribution in [0.25, 0.3) is 11.4 Å². The first-order chi connectivity index (χ1) is 15.0. The Labute approximate surface area is 180 Å². The molecule has 2 aromatic heterocycles. The van der Waals surface area contributed by atoms with Crippen LogP contribution in [0.5, 0.6) is 0 Å². The minimum absolute atomic E-state index is 0.152. The van der Waals surface area contributed by atoms with Gasteiger partial charge in [0, 0.05) is 7.05 Å². The van der Waals surface area contributed by atoms with Gasteiger partial charge in [0.25, 0.3) is 0 Å². The first-order valence-electron chi connectivity index (χ1n) is 9.33. The van der Waals surface area contributed by atoms with Crippen molar-refractivity contribution >= 4 is 23.5 Å². The maximum absolute atomic E-state index is 12.4. The lowest BCUT2D eigenvalue weighted by molar-refractivity contribution is -0.167. The molecule has 0 fully saturated rings. The van der Waals surface area contributed by atoms with Crippen LogP contribution in [-0.4, -0.2) is 38.2 Å². The van der Waals surface area contributed by atoms with Gasteiger partial charge in [0.1, 0.15) is 6.10 Å². The number of halogens is 3. The second-order valence-electron chi connectivity index (χ2n) is 6.88. The van der Waals surface area contributed by atoms with Gasteiger partial charge in [-0.15, -0.1) is 5.10 Å². The number of aryl methyl sites for hydroxylation is 2. The number of carbonyl (C=O) groups is 2. The molecule has 0 bridgehead atoms. The molecule has 32 heavy (non-hydrogen) atoms. The van der Waals surface area contributed by atoms with Gasteiger partial charge in [0.15, 0.2) is 11.5 Å². The van der Waals surface area contributed by atoms with Crippen LogP contribution < -0.4 is 10.6 Å². The number of hydrogen-bond donors (Lipinski definition) is 2. The van der Waals surface area contributed by atoms with Gasteiger partial charge < -0.3 is 10.1 Å². The molecule has 2 heterocycles. The van der Waals surface area contributed by atoms with Crippen molar-refractivity contribution in [3.63, 3.8) is 0 Å². The Kier molecular flexibility index (Phi) is 6.42. The summed E-state index contributed by atoms with van der Waals surface area (Å²) in [6, 6.07) is 10.1. The standard InChI is InChI=1S/C20H19F3N6O3/c1-11-5-4-6-13(9-11)12(2)32-19(31)26-17-16(27-28-29(17)3)15-8-7-14(10-24-15)25-18(30)20(21,22)23/h4-10,12H,1-3H3,(H,25,30)(H,26,31)/t12-/m1/s1. The fourth-order valence-corrected chi connectivity index (χ4v) is 2.76. The molecule has 0 aliphatic carbocycles. The Morgan fingerprint density at radius 2 is 1.91 bits per heavy atom. The molecule has 1 atom stereocenters. The zero-order valence-corrected chi connectivity index (χ0v) is 17.3. The Balaban J connectivity index is 1.72. The van der Waals surface area contributed by atoms with Crippen LogP contribution in [0, 0.1) is 6.92 Å². The van der Waals surface area contributed by atoms with Gasteiger partial charge in [-0.25, -0.2) is 9.48 Å². The van der Waals surface area contributed by atoms with E-state index >= 15 is 0 Å². The molecule has 2 N–H and O–H groups in total. The van der Waals surface area contributed by atoms with Crippen LogP contribution in [0.4, 0.5) is 29.5 Å². The van der Waals surface area contributed by atoms with Crippen molar-refractivity contribution in [1.82, 2.24) is 20.0 Å². The predicted molar refractivity (Wildman–Crippen MR) is 109 cm³/mol. The predicted octanol–water partition coefficient (Wildman–Crippen LogP) is 4.00. The van der Waals surface area contributed by atoms with Crippen molar-refractivity contribution in [1.29, 1.82) is 0 Å². The first kappa shape index (κ1) is 22.7. The van der Waals surface area contributed by atoms with Gasteiger partial charge in [-0.05, 0) is 31.5 Å². The summed E-state index contributed by atoms with van der Waals surface area (Å²) < 4.78 is 43.8. The summed E-state index contributed by atoms with van der Waals surface area (Å²) in [5.74, 6) is -1.94. The number of amides is 2. The maximum atomic E-state index is 12.4. The topological polar surface area (TPSA) is 111 Å². The van der Waals surface area contributed by atoms with Crippen LogP contribution in [0.3, 0.4) is 0 Å². The minimum Gasteiger partial charge on any atom is -0.441 e. The molecule has 3 aromatic rings. The Morgan fingerprint density at radius 3 is 2.53 bits per heavy atom. The van der Waals surface area contributed by atoms with E-state index in [2.05, 4.69) is 20.6 Å². The summed E-state index contributed by atoms with van der Waals surface area (Å²) in [7, 11) is 1.54. The number of carbonyl (C=O) groups excluding carboxylic acids is 2. The zero-order chi connectivity index (χ0) is 23.5. The SMILES string of the molecule is Cc1cccc([C@@H](C)OC(=O)Nc2c(-c3ccc(NC(=O)C(F)(F)F)cn3)nnn2C)c1. The van der Waals surface area contributed by atoms with E-state index in [1.165, 1.54) is 23.9 Å². The second-order valence-corrected chi connectivity index (χ2v) is 6.88. The highest BCUT2D eigenvalue weighted by Gasteiger charge is 2.38. The van der Waals surface area contributed by atoms with E-state index < -0.39 is 24.3 Å². The molecular formula is C20H19F3N6O3. The van der Waals surface area contributed by atoms with Gasteiger partial charge in [-0.3, -0.25) is 15.1 Å². The number of rotatable bonds is 5. The number of anilines is 2. The van der Waals surface area contributed by atoms with E-state index in [1.807, 2.05) is 31.2 Å². The van der Waals surface area contributed by atoms with Gasteiger partial charge in [-0.2, -0.15) is 13.2 Å². The molecular weight excluding hydrogens is 429 g/mol. The normalized spacial score (nSPS) is 12.2. The third-order valence-corrected chi connectivity index (χ3v) is 4.36. The summed E-state index contributed by atoms with van der Waals surface area (Å²) in [6.07, 6.45) is -5.25. The van der Waals surface area contributed by atoms with Crippen LogP contribution >= 0.6 is 0 Å². The number of hydrogen-bond acceptors (Lipinski definition) is 6. The molecule has 1 aromatic carbocycles. The molecule has 2 amide bonds. The molecule has 0 aliphatic heterocycles. The highest BCUT2D eigenvalue weighted by Crippen LogP contribution is 2.26. The lowest BCUT2D eigenvalue weighted by Crippen LogP contribution is -2.29. The van der Waals surface area contributed by atoms with Crippen LogP contribution in [0.15, 0.2) is 42.6 Å². The number of benzene rings is 1. The van der Waals surface area contributed by atoms with E-state index in [1.54, 1.807) is 12.2 Å². The molecule has 3 rings (SSSR count). The lowest BCUT2D eigenvalue weighted by atomic mass is 10.1. The van der Waals surface area contributed by atoms with Crippen LogP contribution in [-0.2, 0) is 16.6 Å². The summed E-state index contributed by atoms with van der Waals surface area (Å²) in [5.41, 5.74) is 2.08. The molecule has 0 spiro atoms. The van der Waals surface area contributed by atoms with E-state index in [-0.39, 0.29) is 22.9 Å². The van der Waals surface area contributed by atoms with Crippen molar-refractivity contribution in [2.45, 2.75) is 26.1 Å². The van der Waals surface area contributed by atoms with Crippen molar-refractivity contribution in [2.24, 2.45) is 7.05 Å². The van der Waals surface area contributed by atoms with E-state index in [9.17, 15) is 22.8 Å². The number of alkyl halides is 3. The second kappa shape index (κ2) is 9.04. The van der Waals surface area contributed by atoms with Gasteiger partial charge >= 0.3 is 18.2 Å². The molecule has 12 heteroatoms. The van der Waals surface area contributed by atoms with Gasteiger partial charge in [0.05, 0.1) is 17.6 Å². The Morgan fingerprint density at radius 1 is 1.16 bits per heavy atom. The fraction of sp³-hybridized carbons (Fsp3) is 0.250. The average molecular weight is 448 g/mol. The molecule has 9 nitrogen and oxygen atoms in total. The summed E-state index contributed by atoms with van der Waals surface area (Å²) >= 11 is 0. The number of ether oxygens (including phenoxy) is 1. The Bertz CT molecular complexity index is 1130. The average Bonchev–Trinajstić information content (AvgIpc) is 3.08. The highest BCUT2D eigenvalue weighted by molar-refractivity contribution is 5.95. The smallest absolute Gasteiger partial charge is 0.441 e. The fourth-order valence-electron chi connectivity index (χ4n) is 2.76. The Hall–Kier alpha value is -3.96. The monoisotopic (exact) mass is 448 g/mol. The van der Waals surface area contributed by atoms with E-state index in [0.29, 0.717) is 0 Å². The van der Waals surface area contributed by atoms with Crippen molar-refractivity contribution in [3.05, 3.63) is 53.7 Å². The zero-order valence-electron chi connectivity index (χ0n) is 17.3. The molecule has 0 saturated carbocycles. The summed E-state index contributed by atoms with van der Waals surface area (Å²) in [5, 5.41) is 12.0. The van der Waals surface area contributed by atoms with Gasteiger partial charge in [-0.1, -0.05) is 35.0 Å². The number of nitrogens with one attached hydrogen (secondary N) is 2. The lowest BCUT2D eigenvalue weighted by Gasteiger charge is -2.15. The van der Waals surface area contributed by atoms with Gasteiger partial charge in [0.2, 0.25) is 0 Å². The summed E-state index contributed by atoms with van der Waals surface area (Å²) in [4.78, 5) is 27.4. The minimum atomic E-state index is -5.02. The number of nitrogens with zero attached hydrogens (tertiary/aromatic N) is 4. The molecule has 0 aliphatic rings. The number of aromatic nitrogens is 4. The third kappa shape index (κ3) is 5.39. The molecule has 0 unspecified atom stereocenters. The summed E-state index contributed by atoms with van der Waals surface area (Å²) in [6.45, 7) is 3.66. The maximum Gasteiger partial charge on any atom is 0.471 e. The first-order valence-corrected chi connectivity index (χ1v) is 9.33. The van der Waals surface area contributed by atoms with Crippen LogP contribution in [0.1, 0.15) is 24.2 Å². The van der Waals surface area contributed by atoms with Crippen molar-refractivity contribution < 1.29 is 27.5 Å². The van der Waals surface area contributed by atoms with E-state index in [4.69, 9.17) is 4.74 Å². The molecule has 168 valence electrons. The molecule has 0 radical (unpaired) electrons. The van der Waals surface area contributed by atoms with Crippen LogP contribution in [0.2, 0.25) is 0 Å². The van der Waals surface area contributed by atoms with Crippen molar-refractivity contribution in [3.8, 4) is 11.4 Å². The number of pyridine rings is 1. The molecule has 0 saturated heterocycles. The van der Waals surface area contributed by atoms with Crippen molar-refractivity contribution in [2.75, 3.05) is 10.6 Å². The largest absolute Gasteiger partial charge is 0.471 e. The quantitative estimate of drug-likeness (QED) is 0.611. The van der Waals surface area contributed by atoms with E-state index in [0.717, 1.165) is 17.3 Å². The highest BCUT2D eigenvalue weighted by atomic mass is 19.4. The third-order valence-electron chi connectivity index (χ3n) is 4.36.